The van der Waals surface area contributed by atoms with Crippen LogP contribution < -0.4 is 0 Å². The van der Waals surface area contributed by atoms with Crippen LogP contribution in [0.25, 0.3) is 0 Å². The standard InChI is InChI=1S/C18H24O7/c1-12(2)16(21)23-9-5-8-18(17(22)25-11-13-10-24-13)7-4-3-6-14(18)15(19)20/h3-4,13-14H,1,5-11H2,2H3,(H,19,20). The molecule has 0 aromatic carbocycles. The van der Waals surface area contributed by atoms with E-state index in [9.17, 15) is 19.5 Å². The molecule has 0 bridgehead atoms. The minimum Gasteiger partial charge on any atom is -0.481 e. The van der Waals surface area contributed by atoms with E-state index in [1.165, 1.54) is 0 Å². The highest BCUT2D eigenvalue weighted by Gasteiger charge is 2.50. The van der Waals surface area contributed by atoms with Gasteiger partial charge in [0.25, 0.3) is 0 Å². The highest BCUT2D eigenvalue weighted by Crippen LogP contribution is 2.44. The lowest BCUT2D eigenvalue weighted by Gasteiger charge is -2.37. The Balaban J connectivity index is 2.03. The molecule has 1 N–H and O–H groups in total. The molecule has 7 nitrogen and oxygen atoms in total. The van der Waals surface area contributed by atoms with Crippen molar-refractivity contribution >= 4 is 17.9 Å². The zero-order chi connectivity index (χ0) is 18.4. The van der Waals surface area contributed by atoms with Gasteiger partial charge in [0, 0.05) is 5.57 Å². The summed E-state index contributed by atoms with van der Waals surface area (Å²) in [5, 5.41) is 9.57. The number of epoxide rings is 1. The number of hydrogen-bond acceptors (Lipinski definition) is 6. The van der Waals surface area contributed by atoms with E-state index in [1.807, 2.05) is 6.08 Å². The van der Waals surface area contributed by atoms with Crippen LogP contribution in [0, 0.1) is 11.3 Å². The maximum atomic E-state index is 12.7. The van der Waals surface area contributed by atoms with E-state index >= 15 is 0 Å². The van der Waals surface area contributed by atoms with Gasteiger partial charge in [-0.3, -0.25) is 9.59 Å². The molecule has 138 valence electrons. The van der Waals surface area contributed by atoms with Gasteiger partial charge in [-0.2, -0.15) is 0 Å². The van der Waals surface area contributed by atoms with Crippen molar-refractivity contribution in [3.05, 3.63) is 24.3 Å². The molecule has 0 saturated carbocycles. The molecule has 1 aliphatic carbocycles. The van der Waals surface area contributed by atoms with Crippen LogP contribution in [0.2, 0.25) is 0 Å². The van der Waals surface area contributed by atoms with Gasteiger partial charge in [0.2, 0.25) is 0 Å². The van der Waals surface area contributed by atoms with Gasteiger partial charge in [0.15, 0.2) is 0 Å². The molecule has 1 heterocycles. The number of rotatable bonds is 9. The number of carbonyl (C=O) groups is 3. The molecule has 0 amide bonds. The molecule has 3 unspecified atom stereocenters. The lowest BCUT2D eigenvalue weighted by molar-refractivity contribution is -0.169. The van der Waals surface area contributed by atoms with Crippen molar-refractivity contribution in [2.45, 2.75) is 38.7 Å². The van der Waals surface area contributed by atoms with Crippen molar-refractivity contribution in [1.82, 2.24) is 0 Å². The molecular formula is C18H24O7. The fourth-order valence-corrected chi connectivity index (χ4v) is 2.99. The molecule has 1 fully saturated rings. The van der Waals surface area contributed by atoms with E-state index in [0.717, 1.165) is 0 Å². The maximum absolute atomic E-state index is 12.7. The van der Waals surface area contributed by atoms with Crippen LogP contribution in [0.3, 0.4) is 0 Å². The third-order valence-corrected chi connectivity index (χ3v) is 4.54. The zero-order valence-corrected chi connectivity index (χ0v) is 14.4. The predicted octanol–water partition coefficient (Wildman–Crippen LogP) is 1.87. The highest BCUT2D eigenvalue weighted by atomic mass is 16.6. The molecular weight excluding hydrogens is 328 g/mol. The van der Waals surface area contributed by atoms with Gasteiger partial charge < -0.3 is 19.3 Å². The Labute approximate surface area is 146 Å². The van der Waals surface area contributed by atoms with Crippen molar-refractivity contribution in [3.8, 4) is 0 Å². The zero-order valence-electron chi connectivity index (χ0n) is 14.4. The first kappa shape index (κ1) is 19.2. The van der Waals surface area contributed by atoms with Gasteiger partial charge in [-0.15, -0.1) is 0 Å². The predicted molar refractivity (Wildman–Crippen MR) is 87.6 cm³/mol. The van der Waals surface area contributed by atoms with Crippen LogP contribution in [-0.4, -0.2) is 48.9 Å². The highest BCUT2D eigenvalue weighted by molar-refractivity contribution is 5.87. The smallest absolute Gasteiger partial charge is 0.333 e. The number of esters is 2. The van der Waals surface area contributed by atoms with Crippen LogP contribution in [0.15, 0.2) is 24.3 Å². The Morgan fingerprint density at radius 2 is 2.04 bits per heavy atom. The minimum atomic E-state index is -1.15. The maximum Gasteiger partial charge on any atom is 0.333 e. The SMILES string of the molecule is C=C(C)C(=O)OCCCC1(C(=O)OCC2CO2)CC=CCC1C(=O)O. The van der Waals surface area contributed by atoms with Crippen LogP contribution in [0.1, 0.15) is 32.6 Å². The Morgan fingerprint density at radius 1 is 1.32 bits per heavy atom. The largest absolute Gasteiger partial charge is 0.481 e. The van der Waals surface area contributed by atoms with Gasteiger partial charge in [0.1, 0.15) is 12.7 Å². The van der Waals surface area contributed by atoms with E-state index in [-0.39, 0.29) is 32.2 Å². The number of carbonyl (C=O) groups excluding carboxylic acids is 2. The Kier molecular flexibility index (Phi) is 6.36. The van der Waals surface area contributed by atoms with Crippen molar-refractivity contribution in [3.63, 3.8) is 0 Å². The lowest BCUT2D eigenvalue weighted by atomic mass is 9.66. The van der Waals surface area contributed by atoms with Crippen LogP contribution in [-0.2, 0) is 28.6 Å². The molecule has 7 heteroatoms. The van der Waals surface area contributed by atoms with Crippen LogP contribution in [0.5, 0.6) is 0 Å². The van der Waals surface area contributed by atoms with Gasteiger partial charge in [0.05, 0.1) is 24.5 Å². The molecule has 1 aliphatic heterocycles. The number of ether oxygens (including phenoxy) is 3. The van der Waals surface area contributed by atoms with E-state index in [0.29, 0.717) is 25.0 Å². The number of hydrogen-bond donors (Lipinski definition) is 1. The summed E-state index contributed by atoms with van der Waals surface area (Å²) < 4.78 is 15.4. The topological polar surface area (TPSA) is 102 Å². The first-order valence-electron chi connectivity index (χ1n) is 8.36. The second-order valence-corrected chi connectivity index (χ2v) is 6.53. The van der Waals surface area contributed by atoms with E-state index in [4.69, 9.17) is 14.2 Å². The van der Waals surface area contributed by atoms with Crippen molar-refractivity contribution in [2.75, 3.05) is 19.8 Å². The molecule has 2 rings (SSSR count). The van der Waals surface area contributed by atoms with E-state index in [1.54, 1.807) is 13.0 Å². The second-order valence-electron chi connectivity index (χ2n) is 6.53. The fourth-order valence-electron chi connectivity index (χ4n) is 2.99. The average Bonchev–Trinajstić information content (AvgIpc) is 3.40. The molecule has 0 radical (unpaired) electrons. The van der Waals surface area contributed by atoms with Crippen LogP contribution in [0.4, 0.5) is 0 Å². The molecule has 0 spiro atoms. The van der Waals surface area contributed by atoms with E-state index < -0.39 is 29.2 Å². The molecule has 2 aliphatic rings. The first-order chi connectivity index (χ1) is 11.9. The summed E-state index contributed by atoms with van der Waals surface area (Å²) in [6.45, 7) is 5.84. The minimum absolute atomic E-state index is 0.0834. The van der Waals surface area contributed by atoms with Gasteiger partial charge in [-0.1, -0.05) is 18.7 Å². The number of aliphatic carboxylic acids is 1. The summed E-state index contributed by atoms with van der Waals surface area (Å²) in [4.78, 5) is 35.8. The summed E-state index contributed by atoms with van der Waals surface area (Å²) in [5.74, 6) is -2.91. The Bertz CT molecular complexity index is 576. The molecule has 0 aromatic heterocycles. The quantitative estimate of drug-likeness (QED) is 0.222. The lowest BCUT2D eigenvalue weighted by Crippen LogP contribution is -2.45. The summed E-state index contributed by atoms with van der Waals surface area (Å²) in [7, 11) is 0. The summed E-state index contributed by atoms with van der Waals surface area (Å²) in [5.41, 5.74) is -0.854. The second kappa shape index (κ2) is 8.29. The van der Waals surface area contributed by atoms with Crippen molar-refractivity contribution < 1.29 is 33.7 Å². The average molecular weight is 352 g/mol. The summed E-state index contributed by atoms with van der Waals surface area (Å²) in [6, 6.07) is 0. The van der Waals surface area contributed by atoms with E-state index in [2.05, 4.69) is 6.58 Å². The monoisotopic (exact) mass is 352 g/mol. The van der Waals surface area contributed by atoms with Gasteiger partial charge in [-0.25, -0.2) is 4.79 Å². The third-order valence-electron chi connectivity index (χ3n) is 4.54. The number of carboxylic acids is 1. The van der Waals surface area contributed by atoms with Crippen molar-refractivity contribution in [1.29, 1.82) is 0 Å². The fraction of sp³-hybridized carbons (Fsp3) is 0.611. The third kappa shape index (κ3) is 4.92. The molecule has 3 atom stereocenters. The van der Waals surface area contributed by atoms with Crippen molar-refractivity contribution in [2.24, 2.45) is 11.3 Å². The molecule has 1 saturated heterocycles. The summed E-state index contributed by atoms with van der Waals surface area (Å²) in [6.07, 6.45) is 4.70. The number of allylic oxidation sites excluding steroid dienone is 2. The molecule has 0 aromatic rings. The Morgan fingerprint density at radius 3 is 2.64 bits per heavy atom. The summed E-state index contributed by atoms with van der Waals surface area (Å²) >= 11 is 0. The van der Waals surface area contributed by atoms with Gasteiger partial charge in [-0.05, 0) is 32.6 Å². The normalized spacial score (nSPS) is 27.4. The van der Waals surface area contributed by atoms with Gasteiger partial charge >= 0.3 is 17.9 Å². The Hall–Kier alpha value is -2.15. The first-order valence-corrected chi connectivity index (χ1v) is 8.36. The van der Waals surface area contributed by atoms with Crippen LogP contribution >= 0.6 is 0 Å². The molecule has 25 heavy (non-hydrogen) atoms. The number of carboxylic acid groups (broad SMARTS) is 1.